The molecule has 0 saturated heterocycles. The summed E-state index contributed by atoms with van der Waals surface area (Å²) in [6.07, 6.45) is 0. The molecule has 0 fully saturated rings. The zero-order valence-corrected chi connectivity index (χ0v) is 11.4. The van der Waals surface area contributed by atoms with Crippen LogP contribution in [0, 0.1) is 6.92 Å². The summed E-state index contributed by atoms with van der Waals surface area (Å²) in [6.45, 7) is 6.05. The maximum absolute atomic E-state index is 5.96. The van der Waals surface area contributed by atoms with Gasteiger partial charge in [0.1, 0.15) is 16.7 Å². The van der Waals surface area contributed by atoms with Gasteiger partial charge in [-0.15, -0.1) is 0 Å². The predicted molar refractivity (Wildman–Crippen MR) is 72.4 cm³/mol. The van der Waals surface area contributed by atoms with Crippen molar-refractivity contribution in [2.75, 3.05) is 0 Å². The summed E-state index contributed by atoms with van der Waals surface area (Å²) in [5.41, 5.74) is 1.14. The van der Waals surface area contributed by atoms with Crippen molar-refractivity contribution in [3.05, 3.63) is 46.9 Å². The highest BCUT2D eigenvalue weighted by Crippen LogP contribution is 2.24. The first-order valence-electron chi connectivity index (χ1n) is 5.83. The lowest BCUT2D eigenvalue weighted by Crippen LogP contribution is -1.99. The molecule has 2 aromatic rings. The van der Waals surface area contributed by atoms with E-state index in [0.717, 1.165) is 11.3 Å². The SMILES string of the molecule is Cc1cccc(Oc2cc(Cl)nc(C(C)C)n2)c1. The molecule has 94 valence electrons. The van der Waals surface area contributed by atoms with E-state index in [2.05, 4.69) is 9.97 Å². The van der Waals surface area contributed by atoms with Crippen LogP contribution in [0.3, 0.4) is 0 Å². The predicted octanol–water partition coefficient (Wildman–Crippen LogP) is 4.35. The average Bonchev–Trinajstić information content (AvgIpc) is 2.28. The van der Waals surface area contributed by atoms with Gasteiger partial charge in [-0.2, -0.15) is 4.98 Å². The number of ether oxygens (including phenoxy) is 1. The Kier molecular flexibility index (Phi) is 3.82. The molecule has 1 aromatic heterocycles. The van der Waals surface area contributed by atoms with Gasteiger partial charge in [0.25, 0.3) is 0 Å². The van der Waals surface area contributed by atoms with Gasteiger partial charge in [-0.3, -0.25) is 0 Å². The number of hydrogen-bond acceptors (Lipinski definition) is 3. The third-order valence-electron chi connectivity index (χ3n) is 2.42. The summed E-state index contributed by atoms with van der Waals surface area (Å²) in [4.78, 5) is 8.51. The summed E-state index contributed by atoms with van der Waals surface area (Å²) < 4.78 is 5.70. The van der Waals surface area contributed by atoms with Gasteiger partial charge in [-0.05, 0) is 24.6 Å². The fourth-order valence-electron chi connectivity index (χ4n) is 1.52. The molecule has 0 amide bonds. The average molecular weight is 263 g/mol. The van der Waals surface area contributed by atoms with Crippen molar-refractivity contribution < 1.29 is 4.74 Å². The largest absolute Gasteiger partial charge is 0.439 e. The van der Waals surface area contributed by atoms with Crippen LogP contribution in [0.25, 0.3) is 0 Å². The Balaban J connectivity index is 2.29. The van der Waals surface area contributed by atoms with Crippen LogP contribution in [0.2, 0.25) is 5.15 Å². The number of nitrogens with zero attached hydrogens (tertiary/aromatic N) is 2. The highest BCUT2D eigenvalue weighted by atomic mass is 35.5. The van der Waals surface area contributed by atoms with Gasteiger partial charge in [-0.1, -0.05) is 37.6 Å². The van der Waals surface area contributed by atoms with Crippen molar-refractivity contribution in [3.63, 3.8) is 0 Å². The van der Waals surface area contributed by atoms with E-state index in [-0.39, 0.29) is 5.92 Å². The fourth-order valence-corrected chi connectivity index (χ4v) is 1.70. The monoisotopic (exact) mass is 262 g/mol. The van der Waals surface area contributed by atoms with E-state index >= 15 is 0 Å². The molecule has 0 radical (unpaired) electrons. The molecule has 0 aliphatic carbocycles. The van der Waals surface area contributed by atoms with Crippen LogP contribution < -0.4 is 4.74 Å². The lowest BCUT2D eigenvalue weighted by Gasteiger charge is -2.09. The van der Waals surface area contributed by atoms with Crippen LogP contribution in [0.15, 0.2) is 30.3 Å². The van der Waals surface area contributed by atoms with E-state index in [1.807, 2.05) is 45.0 Å². The van der Waals surface area contributed by atoms with Gasteiger partial charge in [0.15, 0.2) is 0 Å². The van der Waals surface area contributed by atoms with Gasteiger partial charge < -0.3 is 4.74 Å². The summed E-state index contributed by atoms with van der Waals surface area (Å²) in [5, 5.41) is 0.399. The first-order valence-corrected chi connectivity index (χ1v) is 6.21. The van der Waals surface area contributed by atoms with Crippen LogP contribution in [0.1, 0.15) is 31.2 Å². The molecule has 4 heteroatoms. The number of benzene rings is 1. The topological polar surface area (TPSA) is 35.0 Å². The minimum Gasteiger partial charge on any atom is -0.439 e. The molecule has 18 heavy (non-hydrogen) atoms. The lowest BCUT2D eigenvalue weighted by atomic mass is 10.2. The smallest absolute Gasteiger partial charge is 0.224 e. The molecule has 1 heterocycles. The van der Waals surface area contributed by atoms with E-state index in [1.54, 1.807) is 6.07 Å². The first kappa shape index (κ1) is 12.8. The minimum atomic E-state index is 0.212. The summed E-state index contributed by atoms with van der Waals surface area (Å²) in [6, 6.07) is 9.41. The van der Waals surface area contributed by atoms with E-state index in [1.165, 1.54) is 0 Å². The Morgan fingerprint density at radius 1 is 1.17 bits per heavy atom. The molecule has 3 nitrogen and oxygen atoms in total. The zero-order chi connectivity index (χ0) is 13.1. The number of aromatic nitrogens is 2. The summed E-state index contributed by atoms with van der Waals surface area (Å²) in [5.74, 6) is 2.12. The van der Waals surface area contributed by atoms with Crippen molar-refractivity contribution in [3.8, 4) is 11.6 Å². The number of rotatable bonds is 3. The number of aryl methyl sites for hydroxylation is 1. The van der Waals surface area contributed by atoms with Crippen molar-refractivity contribution >= 4 is 11.6 Å². The normalized spacial score (nSPS) is 10.7. The molecule has 0 aliphatic rings. The Labute approximate surface area is 112 Å². The molecule has 2 rings (SSSR count). The Morgan fingerprint density at radius 3 is 2.61 bits per heavy atom. The number of halogens is 1. The van der Waals surface area contributed by atoms with Crippen molar-refractivity contribution in [1.82, 2.24) is 9.97 Å². The molecule has 0 atom stereocenters. The van der Waals surface area contributed by atoms with Crippen molar-refractivity contribution in [2.45, 2.75) is 26.7 Å². The third kappa shape index (κ3) is 3.20. The second-order valence-electron chi connectivity index (χ2n) is 4.46. The van der Waals surface area contributed by atoms with Crippen LogP contribution in [0.5, 0.6) is 11.6 Å². The standard InChI is InChI=1S/C14H15ClN2O/c1-9(2)14-16-12(15)8-13(17-14)18-11-6-4-5-10(3)7-11/h4-9H,1-3H3. The van der Waals surface area contributed by atoms with Crippen LogP contribution in [-0.4, -0.2) is 9.97 Å². The second-order valence-corrected chi connectivity index (χ2v) is 4.85. The van der Waals surface area contributed by atoms with E-state index in [0.29, 0.717) is 16.9 Å². The number of hydrogen-bond donors (Lipinski definition) is 0. The van der Waals surface area contributed by atoms with E-state index in [9.17, 15) is 0 Å². The minimum absolute atomic E-state index is 0.212. The fraction of sp³-hybridized carbons (Fsp3) is 0.286. The van der Waals surface area contributed by atoms with Crippen LogP contribution >= 0.6 is 11.6 Å². The molecular formula is C14H15ClN2O. The molecule has 0 saturated carbocycles. The van der Waals surface area contributed by atoms with Gasteiger partial charge in [0.2, 0.25) is 5.88 Å². The molecule has 1 aromatic carbocycles. The third-order valence-corrected chi connectivity index (χ3v) is 2.61. The van der Waals surface area contributed by atoms with Crippen molar-refractivity contribution in [1.29, 1.82) is 0 Å². The second kappa shape index (κ2) is 5.36. The Morgan fingerprint density at radius 2 is 1.94 bits per heavy atom. The summed E-state index contributed by atoms with van der Waals surface area (Å²) >= 11 is 5.96. The van der Waals surface area contributed by atoms with Gasteiger partial charge in [0, 0.05) is 12.0 Å². The maximum Gasteiger partial charge on any atom is 0.224 e. The Bertz CT molecular complexity index is 555. The van der Waals surface area contributed by atoms with E-state index in [4.69, 9.17) is 16.3 Å². The quantitative estimate of drug-likeness (QED) is 0.771. The first-order chi connectivity index (χ1) is 8.54. The zero-order valence-electron chi connectivity index (χ0n) is 10.6. The van der Waals surface area contributed by atoms with Gasteiger partial charge >= 0.3 is 0 Å². The molecule has 0 spiro atoms. The van der Waals surface area contributed by atoms with Crippen LogP contribution in [0.4, 0.5) is 0 Å². The molecule has 0 aliphatic heterocycles. The molecule has 0 unspecified atom stereocenters. The van der Waals surface area contributed by atoms with Gasteiger partial charge in [0.05, 0.1) is 0 Å². The van der Waals surface area contributed by atoms with E-state index < -0.39 is 0 Å². The molecule has 0 N–H and O–H groups in total. The molecule has 0 bridgehead atoms. The summed E-state index contributed by atoms with van der Waals surface area (Å²) in [7, 11) is 0. The highest BCUT2D eigenvalue weighted by molar-refractivity contribution is 6.29. The lowest BCUT2D eigenvalue weighted by molar-refractivity contribution is 0.456. The Hall–Kier alpha value is -1.61. The highest BCUT2D eigenvalue weighted by Gasteiger charge is 2.08. The van der Waals surface area contributed by atoms with Gasteiger partial charge in [-0.25, -0.2) is 4.98 Å². The molecular weight excluding hydrogens is 248 g/mol. The maximum atomic E-state index is 5.96. The van der Waals surface area contributed by atoms with Crippen LogP contribution in [-0.2, 0) is 0 Å². The van der Waals surface area contributed by atoms with Crippen molar-refractivity contribution in [2.24, 2.45) is 0 Å².